The molecule has 0 aliphatic heterocycles. The Kier molecular flexibility index (Phi) is 6.19. The van der Waals surface area contributed by atoms with Gasteiger partial charge in [-0.1, -0.05) is 24.3 Å². The van der Waals surface area contributed by atoms with Gasteiger partial charge in [0.05, 0.1) is 11.5 Å². The molecule has 2 aliphatic carbocycles. The maximum atomic E-state index is 13.8. The van der Waals surface area contributed by atoms with Crippen molar-refractivity contribution in [1.29, 1.82) is 5.26 Å². The van der Waals surface area contributed by atoms with Crippen LogP contribution in [0.2, 0.25) is 0 Å². The fourth-order valence-corrected chi connectivity index (χ4v) is 4.86. The zero-order chi connectivity index (χ0) is 24.7. The van der Waals surface area contributed by atoms with Crippen molar-refractivity contribution >= 4 is 5.91 Å². The number of nitriles is 1. The second kappa shape index (κ2) is 8.70. The molecular weight excluding hydrogens is 448 g/mol. The number of carbonyl (C=O) groups is 1. The molecule has 1 amide bonds. The van der Waals surface area contributed by atoms with Crippen molar-refractivity contribution < 1.29 is 27.5 Å². The minimum atomic E-state index is -4.84. The maximum Gasteiger partial charge on any atom is 0.421 e. The lowest BCUT2D eigenvalue weighted by Crippen LogP contribution is -2.46. The van der Waals surface area contributed by atoms with Crippen LogP contribution in [0.3, 0.4) is 0 Å². The molecular formula is C26H26F4N2O2. The first-order valence-corrected chi connectivity index (χ1v) is 11.4. The van der Waals surface area contributed by atoms with Gasteiger partial charge in [0.25, 0.3) is 5.91 Å². The molecule has 0 spiro atoms. The largest absolute Gasteiger partial charge is 0.421 e. The molecule has 0 radical (unpaired) electrons. The molecule has 2 fully saturated rings. The van der Waals surface area contributed by atoms with E-state index in [1.54, 1.807) is 12.1 Å². The number of halogens is 4. The lowest BCUT2D eigenvalue weighted by Gasteiger charge is -2.41. The van der Waals surface area contributed by atoms with Crippen LogP contribution in [0, 0.1) is 17.1 Å². The summed E-state index contributed by atoms with van der Waals surface area (Å²) in [7, 11) is 0. The first-order chi connectivity index (χ1) is 16.0. The normalized spacial score (nSPS) is 24.7. The molecule has 34 heavy (non-hydrogen) atoms. The standard InChI is InChI=1S/C26H26F4N2O2/c1-24(34,26(28,29)30)18-7-5-17(6-8-18)23(33)32(21-9-10-21)22-11-13-25(16-31,14-12-22)19-3-2-4-20(27)15-19/h2-8,15,21-22,34H,9-14H2,1H3/t22-,24-,25-/m0/s1. The van der Waals surface area contributed by atoms with E-state index in [4.69, 9.17) is 0 Å². The number of rotatable bonds is 5. The van der Waals surface area contributed by atoms with Gasteiger partial charge in [-0.15, -0.1) is 0 Å². The lowest BCUT2D eigenvalue weighted by atomic mass is 9.69. The van der Waals surface area contributed by atoms with E-state index in [2.05, 4.69) is 6.07 Å². The van der Waals surface area contributed by atoms with Gasteiger partial charge >= 0.3 is 6.18 Å². The second-order valence-corrected chi connectivity index (χ2v) is 9.53. The van der Waals surface area contributed by atoms with E-state index in [1.807, 2.05) is 4.90 Å². The molecule has 0 bridgehead atoms. The van der Waals surface area contributed by atoms with E-state index in [0.29, 0.717) is 38.2 Å². The van der Waals surface area contributed by atoms with Crippen molar-refractivity contribution in [1.82, 2.24) is 4.90 Å². The van der Waals surface area contributed by atoms with Crippen molar-refractivity contribution in [3.05, 3.63) is 71.0 Å². The third-order valence-electron chi connectivity index (χ3n) is 7.21. The van der Waals surface area contributed by atoms with Gasteiger partial charge in [-0.3, -0.25) is 4.79 Å². The van der Waals surface area contributed by atoms with Crippen LogP contribution in [-0.4, -0.2) is 34.2 Å². The smallest absolute Gasteiger partial charge is 0.376 e. The summed E-state index contributed by atoms with van der Waals surface area (Å²) in [5, 5.41) is 19.8. The summed E-state index contributed by atoms with van der Waals surface area (Å²) in [6.07, 6.45) is -0.994. The van der Waals surface area contributed by atoms with Crippen LogP contribution < -0.4 is 0 Å². The fraction of sp³-hybridized carbons (Fsp3) is 0.462. The Morgan fingerprint density at radius 1 is 1.06 bits per heavy atom. The van der Waals surface area contributed by atoms with Crippen LogP contribution in [0.1, 0.15) is 66.9 Å². The summed E-state index contributed by atoms with van der Waals surface area (Å²) >= 11 is 0. The Morgan fingerprint density at radius 2 is 1.65 bits per heavy atom. The van der Waals surface area contributed by atoms with E-state index in [0.717, 1.165) is 25.0 Å². The predicted octanol–water partition coefficient (Wildman–Crippen LogP) is 5.60. The molecule has 0 saturated heterocycles. The molecule has 1 atom stereocenters. The third-order valence-corrected chi connectivity index (χ3v) is 7.21. The van der Waals surface area contributed by atoms with Gasteiger partial charge in [0.2, 0.25) is 0 Å². The minimum absolute atomic E-state index is 0.0687. The first kappa shape index (κ1) is 24.2. The molecule has 2 aromatic rings. The van der Waals surface area contributed by atoms with Gasteiger partial charge < -0.3 is 10.0 Å². The number of benzene rings is 2. The summed E-state index contributed by atoms with van der Waals surface area (Å²) in [4.78, 5) is 15.2. The lowest BCUT2D eigenvalue weighted by molar-refractivity contribution is -0.258. The van der Waals surface area contributed by atoms with E-state index in [1.165, 1.54) is 24.3 Å². The first-order valence-electron chi connectivity index (χ1n) is 11.4. The highest BCUT2D eigenvalue weighted by Gasteiger charge is 2.51. The van der Waals surface area contributed by atoms with E-state index in [9.17, 15) is 32.7 Å². The van der Waals surface area contributed by atoms with Gasteiger partial charge in [-0.25, -0.2) is 4.39 Å². The summed E-state index contributed by atoms with van der Waals surface area (Å²) in [5.74, 6) is -0.655. The summed E-state index contributed by atoms with van der Waals surface area (Å²) in [5.41, 5.74) is -3.24. The minimum Gasteiger partial charge on any atom is -0.376 e. The number of alkyl halides is 3. The second-order valence-electron chi connectivity index (χ2n) is 9.53. The summed E-state index contributed by atoms with van der Waals surface area (Å²) < 4.78 is 53.2. The predicted molar refractivity (Wildman–Crippen MR) is 117 cm³/mol. The highest BCUT2D eigenvalue weighted by Crippen LogP contribution is 2.43. The van der Waals surface area contributed by atoms with Crippen molar-refractivity contribution in [2.45, 2.75) is 74.7 Å². The molecule has 2 aromatic carbocycles. The Balaban J connectivity index is 1.52. The van der Waals surface area contributed by atoms with Gasteiger partial charge in [0.15, 0.2) is 5.60 Å². The number of carbonyl (C=O) groups excluding carboxylic acids is 1. The quantitative estimate of drug-likeness (QED) is 0.574. The Labute approximate surface area is 195 Å². The molecule has 180 valence electrons. The fourth-order valence-electron chi connectivity index (χ4n) is 4.86. The van der Waals surface area contributed by atoms with Crippen molar-refractivity contribution in [3.63, 3.8) is 0 Å². The Hall–Kier alpha value is -2.92. The van der Waals surface area contributed by atoms with Crippen LogP contribution in [0.25, 0.3) is 0 Å². The van der Waals surface area contributed by atoms with E-state index >= 15 is 0 Å². The number of hydrogen-bond donors (Lipinski definition) is 1. The van der Waals surface area contributed by atoms with E-state index in [-0.39, 0.29) is 29.1 Å². The average molecular weight is 474 g/mol. The number of nitrogens with zero attached hydrogens (tertiary/aromatic N) is 2. The molecule has 0 heterocycles. The summed E-state index contributed by atoms with van der Waals surface area (Å²) in [6, 6.07) is 13.3. The van der Waals surface area contributed by atoms with Gasteiger partial charge in [-0.2, -0.15) is 18.4 Å². The van der Waals surface area contributed by atoms with Crippen molar-refractivity contribution in [2.75, 3.05) is 0 Å². The van der Waals surface area contributed by atoms with Crippen LogP contribution in [-0.2, 0) is 11.0 Å². The van der Waals surface area contributed by atoms with Crippen LogP contribution >= 0.6 is 0 Å². The van der Waals surface area contributed by atoms with E-state index < -0.39 is 23.0 Å². The van der Waals surface area contributed by atoms with Crippen molar-refractivity contribution in [3.8, 4) is 6.07 Å². The zero-order valence-electron chi connectivity index (χ0n) is 18.8. The molecule has 0 aromatic heterocycles. The van der Waals surface area contributed by atoms with Gasteiger partial charge in [0, 0.05) is 17.6 Å². The molecule has 0 unspecified atom stereocenters. The molecule has 4 nitrogen and oxygen atoms in total. The Morgan fingerprint density at radius 3 is 2.15 bits per heavy atom. The van der Waals surface area contributed by atoms with Crippen LogP contribution in [0.4, 0.5) is 17.6 Å². The van der Waals surface area contributed by atoms with Crippen molar-refractivity contribution in [2.24, 2.45) is 0 Å². The molecule has 8 heteroatoms. The number of amides is 1. The topological polar surface area (TPSA) is 64.3 Å². The van der Waals surface area contributed by atoms with Gasteiger partial charge in [0.1, 0.15) is 5.82 Å². The molecule has 2 aliphatic rings. The van der Waals surface area contributed by atoms with Crippen LogP contribution in [0.5, 0.6) is 0 Å². The summed E-state index contributed by atoms with van der Waals surface area (Å²) in [6.45, 7) is 0.683. The van der Waals surface area contributed by atoms with Crippen LogP contribution in [0.15, 0.2) is 48.5 Å². The molecule has 2 saturated carbocycles. The highest BCUT2D eigenvalue weighted by atomic mass is 19.4. The molecule has 1 N–H and O–H groups in total. The van der Waals surface area contributed by atoms with Gasteiger partial charge in [-0.05, 0) is 80.8 Å². The third kappa shape index (κ3) is 4.41. The highest BCUT2D eigenvalue weighted by molar-refractivity contribution is 5.95. The zero-order valence-corrected chi connectivity index (χ0v) is 18.8. The maximum absolute atomic E-state index is 13.8. The number of hydrogen-bond acceptors (Lipinski definition) is 3. The Bertz CT molecular complexity index is 1090. The number of aliphatic hydroxyl groups is 1. The molecule has 4 rings (SSSR count). The average Bonchev–Trinajstić information content (AvgIpc) is 3.64. The monoisotopic (exact) mass is 474 g/mol. The SMILES string of the molecule is C[C@](O)(c1ccc(C(=O)N(C2CC2)[C@H]2CC[C@](C#N)(c3cccc(F)c3)CC2)cc1)C(F)(F)F.